The van der Waals surface area contributed by atoms with Gasteiger partial charge in [0.1, 0.15) is 16.7 Å². The third-order valence-electron chi connectivity index (χ3n) is 4.97. The summed E-state index contributed by atoms with van der Waals surface area (Å²) in [5.41, 5.74) is 2.18. The highest BCUT2D eigenvalue weighted by Crippen LogP contribution is 2.26. The van der Waals surface area contributed by atoms with Crippen molar-refractivity contribution in [3.63, 3.8) is 0 Å². The number of anilines is 1. The number of aliphatic imine (C=N–C) groups is 1. The fraction of sp³-hybridized carbons (Fsp3) is 0.364. The first-order chi connectivity index (χ1) is 14.9. The molecule has 0 spiro atoms. The van der Waals surface area contributed by atoms with Crippen molar-refractivity contribution in [2.24, 2.45) is 4.99 Å². The molecule has 2 heterocycles. The molecule has 4 N–H and O–H groups in total. The number of rotatable bonds is 7. The molecule has 164 valence electrons. The van der Waals surface area contributed by atoms with Gasteiger partial charge in [-0.05, 0) is 49.2 Å². The number of likely N-dealkylation sites (N-methyl/N-ethyl adjacent to an activating group) is 1. The van der Waals surface area contributed by atoms with E-state index in [1.165, 1.54) is 17.3 Å². The molecular weight excluding hydrogens is 412 g/mol. The number of carboxylic acid groups (broad SMARTS) is 1. The molecule has 3 rings (SSSR count). The standard InChI is InChI=1S/C22H28N6O2S/c1-15-6-8-17(9-7-15)28(2)19-4-3-5-20(27-19)31-22(23)26-18-12-16(10-11-25-18)13-24-14-21(29)30/h5-8,10-12,17,24H,3-4,9,13-14H2,1-2H3,(H,29,30)(H2,23,25,26). The Morgan fingerprint density at radius 3 is 3.00 bits per heavy atom. The number of thioether (sulfide) groups is 1. The normalized spacial score (nSPS) is 18.0. The van der Waals surface area contributed by atoms with E-state index in [4.69, 9.17) is 15.5 Å². The smallest absolute Gasteiger partial charge is 0.317 e. The number of hydrogen-bond donors (Lipinski definition) is 4. The average molecular weight is 441 g/mol. The van der Waals surface area contributed by atoms with Crippen LogP contribution in [-0.4, -0.2) is 51.6 Å². The molecule has 0 radical (unpaired) electrons. The molecule has 1 unspecified atom stereocenters. The predicted octanol–water partition coefficient (Wildman–Crippen LogP) is 3.58. The number of carbonyl (C=O) groups is 1. The van der Waals surface area contributed by atoms with Crippen LogP contribution in [0, 0.1) is 5.41 Å². The average Bonchev–Trinajstić information content (AvgIpc) is 2.74. The molecule has 1 atom stereocenters. The zero-order valence-electron chi connectivity index (χ0n) is 17.8. The van der Waals surface area contributed by atoms with E-state index in [1.54, 1.807) is 12.3 Å². The fourth-order valence-electron chi connectivity index (χ4n) is 3.28. The molecule has 0 saturated carbocycles. The lowest BCUT2D eigenvalue weighted by Gasteiger charge is -2.31. The molecule has 1 aliphatic heterocycles. The van der Waals surface area contributed by atoms with Crippen LogP contribution in [0.1, 0.15) is 31.7 Å². The largest absolute Gasteiger partial charge is 0.480 e. The van der Waals surface area contributed by atoms with Gasteiger partial charge in [-0.3, -0.25) is 10.2 Å². The Kier molecular flexibility index (Phi) is 8.02. The van der Waals surface area contributed by atoms with Gasteiger partial charge in [0.15, 0.2) is 5.17 Å². The summed E-state index contributed by atoms with van der Waals surface area (Å²) in [5.74, 6) is 0.674. The van der Waals surface area contributed by atoms with Crippen molar-refractivity contribution < 1.29 is 9.90 Å². The topological polar surface area (TPSA) is 114 Å². The second kappa shape index (κ2) is 10.9. The van der Waals surface area contributed by atoms with E-state index in [1.807, 2.05) is 6.07 Å². The van der Waals surface area contributed by atoms with Crippen molar-refractivity contribution in [3.8, 4) is 0 Å². The molecule has 0 aromatic carbocycles. The zero-order chi connectivity index (χ0) is 22.2. The number of pyridine rings is 1. The van der Waals surface area contributed by atoms with E-state index < -0.39 is 5.97 Å². The maximum atomic E-state index is 10.6. The molecule has 8 nitrogen and oxygen atoms in total. The predicted molar refractivity (Wildman–Crippen MR) is 126 cm³/mol. The van der Waals surface area contributed by atoms with Crippen molar-refractivity contribution in [1.82, 2.24) is 15.2 Å². The van der Waals surface area contributed by atoms with Gasteiger partial charge in [0.05, 0.1) is 12.6 Å². The van der Waals surface area contributed by atoms with E-state index in [9.17, 15) is 4.79 Å². The van der Waals surface area contributed by atoms with Crippen LogP contribution >= 0.6 is 11.8 Å². The van der Waals surface area contributed by atoms with Crippen LogP contribution in [0.25, 0.3) is 0 Å². The Morgan fingerprint density at radius 1 is 1.42 bits per heavy atom. The lowest BCUT2D eigenvalue weighted by Crippen LogP contribution is -2.36. The number of carboxylic acids is 1. The minimum absolute atomic E-state index is 0.105. The van der Waals surface area contributed by atoms with Crippen molar-refractivity contribution in [1.29, 1.82) is 5.41 Å². The van der Waals surface area contributed by atoms with Crippen LogP contribution in [-0.2, 0) is 11.3 Å². The molecule has 0 saturated heterocycles. The summed E-state index contributed by atoms with van der Waals surface area (Å²) >= 11 is 1.27. The van der Waals surface area contributed by atoms with Gasteiger partial charge in [0.2, 0.25) is 0 Å². The first kappa shape index (κ1) is 22.8. The van der Waals surface area contributed by atoms with Gasteiger partial charge in [0, 0.05) is 26.2 Å². The maximum Gasteiger partial charge on any atom is 0.317 e. The molecule has 0 fully saturated rings. The van der Waals surface area contributed by atoms with Gasteiger partial charge in [-0.15, -0.1) is 0 Å². The SMILES string of the molecule is CC1=CCC(N(C)C2=NC(SC(=N)Nc3cc(CNCC(=O)O)ccn3)=CCC2)C=C1. The molecule has 1 aromatic rings. The summed E-state index contributed by atoms with van der Waals surface area (Å²) in [6.45, 7) is 2.42. The second-order valence-corrected chi connectivity index (χ2v) is 8.46. The number of nitrogens with one attached hydrogen (secondary N) is 3. The van der Waals surface area contributed by atoms with Crippen LogP contribution in [0.5, 0.6) is 0 Å². The summed E-state index contributed by atoms with van der Waals surface area (Å²) in [6.07, 6.45) is 13.1. The minimum Gasteiger partial charge on any atom is -0.480 e. The van der Waals surface area contributed by atoms with Gasteiger partial charge < -0.3 is 20.6 Å². The summed E-state index contributed by atoms with van der Waals surface area (Å²) < 4.78 is 0. The lowest BCUT2D eigenvalue weighted by molar-refractivity contribution is -0.135. The van der Waals surface area contributed by atoms with Crippen LogP contribution in [0.3, 0.4) is 0 Å². The Balaban J connectivity index is 1.55. The molecular formula is C22H28N6O2S. The third-order valence-corrected chi connectivity index (χ3v) is 5.74. The van der Waals surface area contributed by atoms with Gasteiger partial charge in [-0.2, -0.15) is 0 Å². The Labute approximate surface area is 186 Å². The fourth-order valence-corrected chi connectivity index (χ4v) is 4.00. The molecule has 31 heavy (non-hydrogen) atoms. The van der Waals surface area contributed by atoms with Gasteiger partial charge in [-0.25, -0.2) is 9.98 Å². The van der Waals surface area contributed by atoms with Crippen molar-refractivity contribution in [2.45, 2.75) is 38.8 Å². The monoisotopic (exact) mass is 440 g/mol. The number of hydrogen-bond acceptors (Lipinski definition) is 7. The van der Waals surface area contributed by atoms with Gasteiger partial charge in [-0.1, -0.05) is 29.9 Å². The minimum atomic E-state index is -0.900. The molecule has 0 bridgehead atoms. The Hall–Kier alpha value is -2.91. The second-order valence-electron chi connectivity index (χ2n) is 7.43. The van der Waals surface area contributed by atoms with Gasteiger partial charge >= 0.3 is 5.97 Å². The molecule has 9 heteroatoms. The first-order valence-electron chi connectivity index (χ1n) is 10.2. The molecule has 1 aromatic heterocycles. The highest BCUT2D eigenvalue weighted by molar-refractivity contribution is 8.17. The van der Waals surface area contributed by atoms with E-state index in [2.05, 4.69) is 58.8 Å². The molecule has 1 aliphatic carbocycles. The van der Waals surface area contributed by atoms with E-state index >= 15 is 0 Å². The van der Waals surface area contributed by atoms with Gasteiger partial charge in [0.25, 0.3) is 0 Å². The third kappa shape index (κ3) is 7.08. The summed E-state index contributed by atoms with van der Waals surface area (Å²) in [6, 6.07) is 3.92. The molecule has 0 amide bonds. The highest BCUT2D eigenvalue weighted by Gasteiger charge is 2.19. The highest BCUT2D eigenvalue weighted by atomic mass is 32.2. The van der Waals surface area contributed by atoms with Crippen molar-refractivity contribution in [2.75, 3.05) is 18.9 Å². The summed E-state index contributed by atoms with van der Waals surface area (Å²) in [5, 5.41) is 23.9. The van der Waals surface area contributed by atoms with E-state index in [0.29, 0.717) is 18.4 Å². The Bertz CT molecular complexity index is 953. The van der Waals surface area contributed by atoms with Crippen LogP contribution in [0.15, 0.2) is 58.2 Å². The van der Waals surface area contributed by atoms with E-state index in [0.717, 1.165) is 35.7 Å². The maximum absolute atomic E-state index is 10.6. The van der Waals surface area contributed by atoms with Crippen molar-refractivity contribution in [3.05, 3.63) is 58.8 Å². The quantitative estimate of drug-likeness (QED) is 0.378. The summed E-state index contributed by atoms with van der Waals surface area (Å²) in [7, 11) is 2.08. The number of aliphatic carboxylic acids is 1. The number of nitrogens with zero attached hydrogens (tertiary/aromatic N) is 3. The lowest BCUT2D eigenvalue weighted by atomic mass is 10.0. The number of aromatic nitrogens is 1. The number of allylic oxidation sites excluding steroid dienone is 3. The summed E-state index contributed by atoms with van der Waals surface area (Å²) in [4.78, 5) is 21.9. The van der Waals surface area contributed by atoms with E-state index in [-0.39, 0.29) is 11.7 Å². The Morgan fingerprint density at radius 2 is 2.26 bits per heavy atom. The van der Waals surface area contributed by atoms with Crippen molar-refractivity contribution >= 4 is 34.6 Å². The number of amidine groups is 2. The van der Waals surface area contributed by atoms with Crippen LogP contribution < -0.4 is 10.6 Å². The molecule has 2 aliphatic rings. The van der Waals surface area contributed by atoms with Crippen LogP contribution in [0.4, 0.5) is 5.82 Å². The first-order valence-corrected chi connectivity index (χ1v) is 11.0. The van der Waals surface area contributed by atoms with Crippen LogP contribution in [0.2, 0.25) is 0 Å². The zero-order valence-corrected chi connectivity index (χ0v) is 18.6.